The van der Waals surface area contributed by atoms with Gasteiger partial charge in [-0.3, -0.25) is 29.8 Å². The van der Waals surface area contributed by atoms with Gasteiger partial charge in [-0.1, -0.05) is 12.1 Å². The number of non-ortho nitro benzene ring substituents is 1. The molecule has 0 saturated heterocycles. The smallest absolute Gasteiger partial charge is 0.318 e. The Labute approximate surface area is 197 Å². The van der Waals surface area contributed by atoms with Gasteiger partial charge in [0.05, 0.1) is 46.1 Å². The minimum atomic E-state index is -0.986. The zero-order valence-electron chi connectivity index (χ0n) is 18.0. The van der Waals surface area contributed by atoms with Crippen LogP contribution in [-0.2, 0) is 0 Å². The molecule has 0 aliphatic carbocycles. The number of phenolic OH excluding ortho intramolecular Hbond substituents is 1. The van der Waals surface area contributed by atoms with Crippen molar-refractivity contribution in [3.05, 3.63) is 97.6 Å². The molecule has 178 valence electrons. The van der Waals surface area contributed by atoms with Crippen LogP contribution in [0.1, 0.15) is 26.3 Å². The van der Waals surface area contributed by atoms with E-state index in [0.717, 1.165) is 12.3 Å². The number of carbonyl (C=O) groups is 2. The summed E-state index contributed by atoms with van der Waals surface area (Å²) in [6, 6.07) is 13.8. The molecular formula is C22H17N5O8. The van der Waals surface area contributed by atoms with Crippen LogP contribution in [-0.4, -0.2) is 40.1 Å². The van der Waals surface area contributed by atoms with Gasteiger partial charge < -0.3 is 15.2 Å². The number of hydrogen-bond acceptors (Lipinski definition) is 9. The Morgan fingerprint density at radius 2 is 1.69 bits per heavy atom. The Kier molecular flexibility index (Phi) is 7.31. The number of rotatable bonds is 8. The summed E-state index contributed by atoms with van der Waals surface area (Å²) >= 11 is 0. The third kappa shape index (κ3) is 5.73. The first kappa shape index (κ1) is 24.3. The average Bonchev–Trinajstić information content (AvgIpc) is 2.84. The van der Waals surface area contributed by atoms with Gasteiger partial charge in [-0.05, 0) is 36.4 Å². The van der Waals surface area contributed by atoms with Gasteiger partial charge in [0.2, 0.25) is 5.75 Å². The minimum Gasteiger partial charge on any atom is -0.502 e. The molecule has 0 aliphatic rings. The number of amides is 2. The predicted octanol–water partition coefficient (Wildman–Crippen LogP) is 3.23. The summed E-state index contributed by atoms with van der Waals surface area (Å²) in [6.07, 6.45) is 0.825. The van der Waals surface area contributed by atoms with Gasteiger partial charge in [0.15, 0.2) is 0 Å². The average molecular weight is 479 g/mol. The number of carbonyl (C=O) groups excluding carboxylic acids is 2. The van der Waals surface area contributed by atoms with Gasteiger partial charge in [0.25, 0.3) is 17.5 Å². The molecule has 13 nitrogen and oxygen atoms in total. The highest BCUT2D eigenvalue weighted by Gasteiger charge is 2.23. The summed E-state index contributed by atoms with van der Waals surface area (Å²) in [5.74, 6) is -1.53. The van der Waals surface area contributed by atoms with E-state index in [-0.39, 0.29) is 16.8 Å². The quantitative estimate of drug-likeness (QED) is 0.249. The summed E-state index contributed by atoms with van der Waals surface area (Å²) in [5.41, 5.74) is 0.802. The molecule has 3 aromatic rings. The van der Waals surface area contributed by atoms with Crippen molar-refractivity contribution in [2.75, 3.05) is 12.4 Å². The maximum Gasteiger partial charge on any atom is 0.318 e. The molecule has 0 atom stereocenters. The summed E-state index contributed by atoms with van der Waals surface area (Å²) in [4.78, 5) is 45.4. The largest absolute Gasteiger partial charge is 0.502 e. The van der Waals surface area contributed by atoms with E-state index in [9.17, 15) is 34.9 Å². The summed E-state index contributed by atoms with van der Waals surface area (Å²) in [7, 11) is 1.49. The van der Waals surface area contributed by atoms with Gasteiger partial charge in [0.1, 0.15) is 5.75 Å². The fraction of sp³-hybridized carbons (Fsp3) is 0.0455. The summed E-state index contributed by atoms with van der Waals surface area (Å²) < 4.78 is 5.05. The third-order valence-corrected chi connectivity index (χ3v) is 4.65. The molecule has 0 saturated carbocycles. The molecule has 0 unspecified atom stereocenters. The molecule has 0 fully saturated rings. The van der Waals surface area contributed by atoms with Crippen LogP contribution < -0.4 is 15.5 Å². The predicted molar refractivity (Wildman–Crippen MR) is 124 cm³/mol. The van der Waals surface area contributed by atoms with Crippen LogP contribution in [0.5, 0.6) is 11.5 Å². The zero-order chi connectivity index (χ0) is 25.5. The fourth-order valence-corrected chi connectivity index (χ4v) is 2.92. The van der Waals surface area contributed by atoms with Crippen molar-refractivity contribution in [3.8, 4) is 11.5 Å². The first-order chi connectivity index (χ1) is 16.7. The number of methoxy groups -OCH3 is 1. The molecule has 0 spiro atoms. The van der Waals surface area contributed by atoms with Crippen LogP contribution in [0.2, 0.25) is 0 Å². The first-order valence-corrected chi connectivity index (χ1v) is 9.75. The van der Waals surface area contributed by atoms with Crippen LogP contribution >= 0.6 is 0 Å². The van der Waals surface area contributed by atoms with Crippen LogP contribution in [0.15, 0.2) is 65.8 Å². The van der Waals surface area contributed by atoms with E-state index in [0.29, 0.717) is 17.4 Å². The van der Waals surface area contributed by atoms with E-state index in [2.05, 4.69) is 15.8 Å². The second kappa shape index (κ2) is 10.5. The molecule has 3 aromatic carbocycles. The Hall–Kier alpha value is -5.33. The number of nitro groups is 2. The lowest BCUT2D eigenvalue weighted by Gasteiger charge is -2.10. The molecule has 0 radical (unpaired) electrons. The van der Waals surface area contributed by atoms with Gasteiger partial charge in [-0.25, -0.2) is 5.43 Å². The fourth-order valence-electron chi connectivity index (χ4n) is 2.92. The molecule has 3 N–H and O–H groups in total. The second-order valence-electron chi connectivity index (χ2n) is 6.84. The summed E-state index contributed by atoms with van der Waals surface area (Å²) in [5, 5.41) is 38.3. The van der Waals surface area contributed by atoms with Crippen molar-refractivity contribution in [3.63, 3.8) is 0 Å². The number of phenols is 1. The molecular weight excluding hydrogens is 462 g/mol. The first-order valence-electron chi connectivity index (χ1n) is 9.75. The number of aromatic hydroxyl groups is 1. The Morgan fingerprint density at radius 1 is 1.00 bits per heavy atom. The number of nitrogens with zero attached hydrogens (tertiary/aromatic N) is 3. The van der Waals surface area contributed by atoms with E-state index < -0.39 is 38.8 Å². The number of hydrazone groups is 1. The highest BCUT2D eigenvalue weighted by Crippen LogP contribution is 2.33. The second-order valence-corrected chi connectivity index (χ2v) is 6.84. The number of benzene rings is 3. The standard InChI is InChI=1S/C22H17N5O8/c1-35-16-8-6-13(7-9-16)21(29)24-18-5-3-2-4-17(18)22(30)25-23-12-14-10-15(26(31)32)11-19(20(14)28)27(33)34/h2-12,28H,1H3,(H,24,29)(H,25,30). The molecule has 3 rings (SSSR count). The van der Waals surface area contributed by atoms with Crippen LogP contribution in [0.3, 0.4) is 0 Å². The van der Waals surface area contributed by atoms with Gasteiger partial charge in [-0.2, -0.15) is 5.10 Å². The lowest BCUT2D eigenvalue weighted by molar-refractivity contribution is -0.394. The van der Waals surface area contributed by atoms with Crippen LogP contribution in [0, 0.1) is 20.2 Å². The maximum atomic E-state index is 12.6. The number of ether oxygens (including phenoxy) is 1. The van der Waals surface area contributed by atoms with Gasteiger partial charge in [0, 0.05) is 11.6 Å². The van der Waals surface area contributed by atoms with Crippen molar-refractivity contribution in [2.24, 2.45) is 5.10 Å². The topological polar surface area (TPSA) is 186 Å². The lowest BCUT2D eigenvalue weighted by Crippen LogP contribution is -2.21. The van der Waals surface area contributed by atoms with Crippen molar-refractivity contribution in [1.29, 1.82) is 0 Å². The molecule has 0 aliphatic heterocycles. The normalized spacial score (nSPS) is 10.5. The van der Waals surface area contributed by atoms with Crippen LogP contribution in [0.4, 0.5) is 17.1 Å². The van der Waals surface area contributed by atoms with Crippen molar-refractivity contribution in [2.45, 2.75) is 0 Å². The Morgan fingerprint density at radius 3 is 2.31 bits per heavy atom. The maximum absolute atomic E-state index is 12.6. The van der Waals surface area contributed by atoms with Gasteiger partial charge >= 0.3 is 5.69 Å². The highest BCUT2D eigenvalue weighted by atomic mass is 16.6. The van der Waals surface area contributed by atoms with Crippen LogP contribution in [0.25, 0.3) is 0 Å². The van der Waals surface area contributed by atoms with Crippen molar-refractivity contribution in [1.82, 2.24) is 5.43 Å². The minimum absolute atomic E-state index is 0.0424. The lowest BCUT2D eigenvalue weighted by atomic mass is 10.1. The highest BCUT2D eigenvalue weighted by molar-refractivity contribution is 6.09. The van der Waals surface area contributed by atoms with Crippen molar-refractivity contribution < 1.29 is 29.3 Å². The SMILES string of the molecule is COc1ccc(C(=O)Nc2ccccc2C(=O)NN=Cc2cc([N+](=O)[O-])cc([N+](=O)[O-])c2O)cc1. The van der Waals surface area contributed by atoms with E-state index in [1.807, 2.05) is 0 Å². The molecule has 2 amide bonds. The molecule has 0 aromatic heterocycles. The molecule has 35 heavy (non-hydrogen) atoms. The number of hydrogen-bond donors (Lipinski definition) is 3. The van der Waals surface area contributed by atoms with E-state index in [1.165, 1.54) is 19.2 Å². The van der Waals surface area contributed by atoms with Crippen molar-refractivity contribution >= 4 is 35.1 Å². The number of nitro benzene ring substituents is 2. The third-order valence-electron chi connectivity index (χ3n) is 4.65. The van der Waals surface area contributed by atoms with E-state index >= 15 is 0 Å². The number of anilines is 1. The molecule has 13 heteroatoms. The molecule has 0 heterocycles. The number of para-hydroxylation sites is 1. The Balaban J connectivity index is 1.79. The summed E-state index contributed by atoms with van der Waals surface area (Å²) in [6.45, 7) is 0. The van der Waals surface area contributed by atoms with Gasteiger partial charge in [-0.15, -0.1) is 0 Å². The Bertz CT molecular complexity index is 1340. The number of nitrogens with one attached hydrogen (secondary N) is 2. The molecule has 0 bridgehead atoms. The monoisotopic (exact) mass is 479 g/mol. The zero-order valence-corrected chi connectivity index (χ0v) is 18.0. The van der Waals surface area contributed by atoms with E-state index in [4.69, 9.17) is 4.74 Å². The van der Waals surface area contributed by atoms with E-state index in [1.54, 1.807) is 36.4 Å².